The molecule has 1 N–H and O–H groups in total. The molecule has 2 rings (SSSR count). The highest BCUT2D eigenvalue weighted by atomic mass is 16.6. The standard InChI is InChI=1S/C7H10N4O3/c12-6-3-1-2-5(6)10-4-8-7(9-10)11(13)14/h4-6,12H,1-3H2/t5-,6-/m1/s1. The topological polar surface area (TPSA) is 94.1 Å². The number of aliphatic hydroxyl groups is 1. The van der Waals surface area contributed by atoms with Gasteiger partial charge in [0.05, 0.1) is 12.1 Å². The van der Waals surface area contributed by atoms with E-state index in [1.54, 1.807) is 0 Å². The Morgan fingerprint density at radius 2 is 2.43 bits per heavy atom. The average Bonchev–Trinajstić information content (AvgIpc) is 2.71. The van der Waals surface area contributed by atoms with Crippen molar-refractivity contribution in [2.24, 2.45) is 0 Å². The van der Waals surface area contributed by atoms with Crippen molar-refractivity contribution in [1.82, 2.24) is 14.8 Å². The fraction of sp³-hybridized carbons (Fsp3) is 0.714. The summed E-state index contributed by atoms with van der Waals surface area (Å²) in [5, 5.41) is 23.5. The van der Waals surface area contributed by atoms with Crippen LogP contribution in [0.15, 0.2) is 6.33 Å². The molecule has 1 saturated carbocycles. The molecule has 0 radical (unpaired) electrons. The van der Waals surface area contributed by atoms with Crippen LogP contribution in [0.1, 0.15) is 25.3 Å². The molecule has 1 fully saturated rings. The molecule has 0 bridgehead atoms. The molecule has 1 heterocycles. The first kappa shape index (κ1) is 9.07. The van der Waals surface area contributed by atoms with Crippen molar-refractivity contribution in [1.29, 1.82) is 0 Å². The van der Waals surface area contributed by atoms with E-state index in [9.17, 15) is 15.2 Å². The van der Waals surface area contributed by atoms with Crippen LogP contribution in [0.2, 0.25) is 0 Å². The molecule has 0 saturated heterocycles. The van der Waals surface area contributed by atoms with Crippen molar-refractivity contribution in [3.05, 3.63) is 16.4 Å². The second kappa shape index (κ2) is 3.33. The molecule has 0 unspecified atom stereocenters. The third-order valence-electron chi connectivity index (χ3n) is 2.44. The molecule has 0 amide bonds. The third-order valence-corrected chi connectivity index (χ3v) is 2.44. The maximum Gasteiger partial charge on any atom is 0.490 e. The van der Waals surface area contributed by atoms with Gasteiger partial charge in [0.2, 0.25) is 6.33 Å². The van der Waals surface area contributed by atoms with E-state index in [0.29, 0.717) is 0 Å². The van der Waals surface area contributed by atoms with E-state index in [1.807, 2.05) is 0 Å². The van der Waals surface area contributed by atoms with E-state index >= 15 is 0 Å². The lowest BCUT2D eigenvalue weighted by Gasteiger charge is -2.10. The normalized spacial score (nSPS) is 26.6. The minimum absolute atomic E-state index is 0.156. The van der Waals surface area contributed by atoms with Gasteiger partial charge in [-0.05, 0) is 24.2 Å². The highest BCUT2D eigenvalue weighted by molar-refractivity contribution is 4.99. The minimum Gasteiger partial charge on any atom is -0.391 e. The van der Waals surface area contributed by atoms with E-state index in [0.717, 1.165) is 19.3 Å². The number of hydrogen-bond donors (Lipinski definition) is 1. The molecule has 76 valence electrons. The Morgan fingerprint density at radius 1 is 1.64 bits per heavy atom. The zero-order valence-electron chi connectivity index (χ0n) is 7.41. The van der Waals surface area contributed by atoms with Crippen molar-refractivity contribution in [3.63, 3.8) is 0 Å². The first-order valence-electron chi connectivity index (χ1n) is 4.42. The molecule has 7 nitrogen and oxygen atoms in total. The van der Waals surface area contributed by atoms with Gasteiger partial charge >= 0.3 is 5.95 Å². The van der Waals surface area contributed by atoms with Crippen molar-refractivity contribution < 1.29 is 10.0 Å². The SMILES string of the molecule is O=[N+]([O-])c1ncn([C@@H]2CCC[C@H]2O)n1. The van der Waals surface area contributed by atoms with E-state index < -0.39 is 17.0 Å². The van der Waals surface area contributed by atoms with E-state index in [-0.39, 0.29) is 6.04 Å². The molecule has 0 spiro atoms. The van der Waals surface area contributed by atoms with Gasteiger partial charge < -0.3 is 15.2 Å². The summed E-state index contributed by atoms with van der Waals surface area (Å²) in [4.78, 5) is 13.2. The Kier molecular flexibility index (Phi) is 2.16. The molecule has 0 aliphatic heterocycles. The lowest BCUT2D eigenvalue weighted by molar-refractivity contribution is -0.394. The molecule has 14 heavy (non-hydrogen) atoms. The van der Waals surface area contributed by atoms with Gasteiger partial charge in [0.25, 0.3) is 0 Å². The Balaban J connectivity index is 2.20. The summed E-state index contributed by atoms with van der Waals surface area (Å²) in [6.45, 7) is 0. The Bertz CT molecular complexity index is 350. The van der Waals surface area contributed by atoms with Crippen LogP contribution in [0.4, 0.5) is 5.95 Å². The van der Waals surface area contributed by atoms with E-state index in [2.05, 4.69) is 10.1 Å². The summed E-state index contributed by atoms with van der Waals surface area (Å²) in [5.74, 6) is -0.413. The fourth-order valence-electron chi connectivity index (χ4n) is 1.74. The van der Waals surface area contributed by atoms with Gasteiger partial charge in [-0.3, -0.25) is 0 Å². The maximum atomic E-state index is 10.3. The van der Waals surface area contributed by atoms with Gasteiger partial charge in [0.15, 0.2) is 0 Å². The summed E-state index contributed by atoms with van der Waals surface area (Å²) >= 11 is 0. The van der Waals surface area contributed by atoms with Gasteiger partial charge in [0.1, 0.15) is 0 Å². The molecule has 7 heteroatoms. The van der Waals surface area contributed by atoms with Crippen LogP contribution >= 0.6 is 0 Å². The number of nitrogens with zero attached hydrogens (tertiary/aromatic N) is 4. The lowest BCUT2D eigenvalue weighted by atomic mass is 10.2. The van der Waals surface area contributed by atoms with Gasteiger partial charge in [-0.15, -0.1) is 0 Å². The second-order valence-electron chi connectivity index (χ2n) is 3.35. The quantitative estimate of drug-likeness (QED) is 0.543. The zero-order valence-corrected chi connectivity index (χ0v) is 7.41. The highest BCUT2D eigenvalue weighted by Crippen LogP contribution is 2.29. The number of hydrogen-bond acceptors (Lipinski definition) is 5. The van der Waals surface area contributed by atoms with Crippen molar-refractivity contribution in [2.75, 3.05) is 0 Å². The third kappa shape index (κ3) is 1.46. The van der Waals surface area contributed by atoms with Gasteiger partial charge in [-0.25, -0.2) is 0 Å². The van der Waals surface area contributed by atoms with Crippen molar-refractivity contribution in [2.45, 2.75) is 31.4 Å². The summed E-state index contributed by atoms with van der Waals surface area (Å²) in [6, 6.07) is -0.156. The molecule has 0 aromatic carbocycles. The van der Waals surface area contributed by atoms with E-state index in [4.69, 9.17) is 0 Å². The van der Waals surface area contributed by atoms with Crippen LogP contribution < -0.4 is 0 Å². The first-order chi connectivity index (χ1) is 6.68. The number of aromatic nitrogens is 3. The molecule has 1 aliphatic rings. The Hall–Kier alpha value is -1.50. The van der Waals surface area contributed by atoms with Crippen LogP contribution in [-0.4, -0.2) is 30.9 Å². The van der Waals surface area contributed by atoms with Crippen LogP contribution in [0.5, 0.6) is 0 Å². The van der Waals surface area contributed by atoms with Gasteiger partial charge in [-0.2, -0.15) is 4.68 Å². The van der Waals surface area contributed by atoms with Crippen LogP contribution in [0.25, 0.3) is 0 Å². The summed E-state index contributed by atoms with van der Waals surface area (Å²) in [6.07, 6.45) is 3.27. The molecule has 1 aromatic rings. The van der Waals surface area contributed by atoms with Crippen LogP contribution in [0.3, 0.4) is 0 Å². The fourth-order valence-corrected chi connectivity index (χ4v) is 1.74. The molecule has 1 aromatic heterocycles. The van der Waals surface area contributed by atoms with Crippen molar-refractivity contribution in [3.8, 4) is 0 Å². The maximum absolute atomic E-state index is 10.3. The zero-order chi connectivity index (χ0) is 10.1. The second-order valence-corrected chi connectivity index (χ2v) is 3.35. The Morgan fingerprint density at radius 3 is 2.93 bits per heavy atom. The summed E-state index contributed by atoms with van der Waals surface area (Å²) in [5.41, 5.74) is 0. The van der Waals surface area contributed by atoms with Gasteiger partial charge in [-0.1, -0.05) is 4.98 Å². The Labute approximate surface area is 79.5 Å². The summed E-state index contributed by atoms with van der Waals surface area (Å²) < 4.78 is 1.38. The predicted octanol–water partition coefficient (Wildman–Crippen LogP) is 0.272. The molecule has 1 aliphatic carbocycles. The predicted molar refractivity (Wildman–Crippen MR) is 45.6 cm³/mol. The molecular formula is C7H10N4O3. The van der Waals surface area contributed by atoms with Gasteiger partial charge in [0, 0.05) is 5.10 Å². The number of nitro groups is 1. The highest BCUT2D eigenvalue weighted by Gasteiger charge is 2.30. The smallest absolute Gasteiger partial charge is 0.391 e. The first-order valence-corrected chi connectivity index (χ1v) is 4.42. The number of rotatable bonds is 2. The van der Waals surface area contributed by atoms with E-state index in [1.165, 1.54) is 11.0 Å². The average molecular weight is 198 g/mol. The van der Waals surface area contributed by atoms with Crippen LogP contribution in [-0.2, 0) is 0 Å². The molecular weight excluding hydrogens is 188 g/mol. The van der Waals surface area contributed by atoms with Crippen LogP contribution in [0, 0.1) is 10.1 Å². The lowest BCUT2D eigenvalue weighted by Crippen LogP contribution is -2.18. The molecule has 2 atom stereocenters. The largest absolute Gasteiger partial charge is 0.490 e. The summed E-state index contributed by atoms with van der Waals surface area (Å²) in [7, 11) is 0. The monoisotopic (exact) mass is 198 g/mol. The minimum atomic E-state index is -0.641. The number of aliphatic hydroxyl groups excluding tert-OH is 1. The van der Waals surface area contributed by atoms with Crippen molar-refractivity contribution >= 4 is 5.95 Å².